The lowest BCUT2D eigenvalue weighted by atomic mass is 9.89. The first-order chi connectivity index (χ1) is 9.02. The molecule has 0 aromatic carbocycles. The maximum atomic E-state index is 11.8. The van der Waals surface area contributed by atoms with Crippen molar-refractivity contribution in [1.29, 1.82) is 0 Å². The molecule has 0 heterocycles. The van der Waals surface area contributed by atoms with Gasteiger partial charge in [-0.15, -0.1) is 0 Å². The summed E-state index contributed by atoms with van der Waals surface area (Å²) in [5, 5.41) is 3.28. The summed E-state index contributed by atoms with van der Waals surface area (Å²) in [5.41, 5.74) is 0. The molecule has 0 saturated heterocycles. The van der Waals surface area contributed by atoms with E-state index in [2.05, 4.69) is 31.1 Å². The molecule has 1 fully saturated rings. The minimum absolute atomic E-state index is 0.163. The van der Waals surface area contributed by atoms with Crippen molar-refractivity contribution in [2.24, 2.45) is 5.92 Å². The lowest BCUT2D eigenvalue weighted by Gasteiger charge is -2.29. The van der Waals surface area contributed by atoms with Gasteiger partial charge in [0.15, 0.2) is 0 Å². The molecule has 0 aliphatic heterocycles. The minimum Gasteiger partial charge on any atom is -0.468 e. The molecule has 0 bridgehead atoms. The Morgan fingerprint density at radius 3 is 2.47 bits per heavy atom. The number of ether oxygens (including phenoxy) is 1. The number of rotatable bonds is 7. The molecule has 0 amide bonds. The first-order valence-electron chi connectivity index (χ1n) is 7.55. The lowest BCUT2D eigenvalue weighted by molar-refractivity contribution is -0.143. The van der Waals surface area contributed by atoms with Crippen LogP contribution in [0.4, 0.5) is 0 Å². The van der Waals surface area contributed by atoms with Gasteiger partial charge in [0.2, 0.25) is 0 Å². The minimum atomic E-state index is -0.224. The number of hydrogen-bond donors (Lipinski definition) is 1. The van der Waals surface area contributed by atoms with Crippen LogP contribution in [0.2, 0.25) is 0 Å². The molecule has 19 heavy (non-hydrogen) atoms. The van der Waals surface area contributed by atoms with Crippen molar-refractivity contribution < 1.29 is 9.53 Å². The summed E-state index contributed by atoms with van der Waals surface area (Å²) >= 11 is 0. The van der Waals surface area contributed by atoms with Crippen LogP contribution < -0.4 is 5.32 Å². The summed E-state index contributed by atoms with van der Waals surface area (Å²) in [6.45, 7) is 5.92. The Morgan fingerprint density at radius 2 is 1.95 bits per heavy atom. The van der Waals surface area contributed by atoms with E-state index in [9.17, 15) is 4.79 Å². The maximum absolute atomic E-state index is 11.8. The predicted octanol–water partition coefficient (Wildman–Crippen LogP) is 2.04. The van der Waals surface area contributed by atoms with E-state index in [1.807, 2.05) is 0 Å². The molecule has 1 saturated carbocycles. The molecular weight excluding hydrogens is 240 g/mol. The summed E-state index contributed by atoms with van der Waals surface area (Å²) < 4.78 is 4.88. The van der Waals surface area contributed by atoms with Crippen molar-refractivity contribution in [3.8, 4) is 0 Å². The van der Waals surface area contributed by atoms with Crippen molar-refractivity contribution in [1.82, 2.24) is 10.2 Å². The highest BCUT2D eigenvalue weighted by Gasteiger charge is 2.23. The number of nitrogens with zero attached hydrogens (tertiary/aromatic N) is 1. The third-order valence-electron chi connectivity index (χ3n) is 3.81. The quantitative estimate of drug-likeness (QED) is 0.719. The van der Waals surface area contributed by atoms with E-state index in [1.54, 1.807) is 0 Å². The highest BCUT2D eigenvalue weighted by Crippen LogP contribution is 2.24. The molecule has 0 aromatic heterocycles. The zero-order chi connectivity index (χ0) is 14.3. The van der Waals surface area contributed by atoms with Crippen LogP contribution >= 0.6 is 0 Å². The van der Waals surface area contributed by atoms with Gasteiger partial charge in [-0.05, 0) is 25.8 Å². The third kappa shape index (κ3) is 6.39. The van der Waals surface area contributed by atoms with E-state index in [4.69, 9.17) is 4.74 Å². The van der Waals surface area contributed by atoms with Gasteiger partial charge in [-0.3, -0.25) is 4.79 Å². The maximum Gasteiger partial charge on any atom is 0.324 e. The highest BCUT2D eigenvalue weighted by atomic mass is 16.5. The molecule has 1 N–H and O–H groups in total. The fourth-order valence-corrected chi connectivity index (χ4v) is 2.94. The third-order valence-corrected chi connectivity index (χ3v) is 3.81. The standard InChI is InChI=1S/C15H30N2O2/c1-12(2)16-14(15(18)19-4)11-17(3)10-13-8-6-5-7-9-13/h12-14,16H,5-11H2,1-4H3. The second-order valence-electron chi connectivity index (χ2n) is 6.12. The summed E-state index contributed by atoms with van der Waals surface area (Å²) in [5.74, 6) is 0.639. The summed E-state index contributed by atoms with van der Waals surface area (Å²) in [6.07, 6.45) is 6.79. The number of carbonyl (C=O) groups excluding carboxylic acids is 1. The zero-order valence-electron chi connectivity index (χ0n) is 12.9. The van der Waals surface area contributed by atoms with E-state index in [0.29, 0.717) is 0 Å². The van der Waals surface area contributed by atoms with Crippen LogP contribution in [0, 0.1) is 5.92 Å². The Morgan fingerprint density at radius 1 is 1.32 bits per heavy atom. The Hall–Kier alpha value is -0.610. The number of esters is 1. The topological polar surface area (TPSA) is 41.6 Å². The molecule has 112 valence electrons. The van der Waals surface area contributed by atoms with Crippen LogP contribution in [0.25, 0.3) is 0 Å². The van der Waals surface area contributed by atoms with Crippen molar-refractivity contribution in [3.63, 3.8) is 0 Å². The van der Waals surface area contributed by atoms with Crippen LogP contribution in [0.1, 0.15) is 46.0 Å². The number of methoxy groups -OCH3 is 1. The van der Waals surface area contributed by atoms with Gasteiger partial charge in [-0.2, -0.15) is 0 Å². The van der Waals surface area contributed by atoms with E-state index >= 15 is 0 Å². The van der Waals surface area contributed by atoms with E-state index in [1.165, 1.54) is 39.2 Å². The SMILES string of the molecule is COC(=O)C(CN(C)CC1CCCCC1)NC(C)C. The molecule has 1 unspecified atom stereocenters. The lowest BCUT2D eigenvalue weighted by Crippen LogP contribution is -2.49. The van der Waals surface area contributed by atoms with Gasteiger partial charge in [0, 0.05) is 19.1 Å². The van der Waals surface area contributed by atoms with Crippen LogP contribution in [0.15, 0.2) is 0 Å². The summed E-state index contributed by atoms with van der Waals surface area (Å²) in [4.78, 5) is 14.0. The van der Waals surface area contributed by atoms with Crippen molar-refractivity contribution >= 4 is 5.97 Å². The molecule has 0 spiro atoms. The average Bonchev–Trinajstić information content (AvgIpc) is 2.37. The van der Waals surface area contributed by atoms with Crippen LogP contribution in [-0.4, -0.2) is 50.2 Å². The number of hydrogen-bond acceptors (Lipinski definition) is 4. The normalized spacial score (nSPS) is 18.8. The first-order valence-corrected chi connectivity index (χ1v) is 7.55. The molecule has 1 atom stereocenters. The van der Waals surface area contributed by atoms with Crippen molar-refractivity contribution in [3.05, 3.63) is 0 Å². The molecule has 4 heteroatoms. The fourth-order valence-electron chi connectivity index (χ4n) is 2.94. The second-order valence-corrected chi connectivity index (χ2v) is 6.12. The highest BCUT2D eigenvalue weighted by molar-refractivity contribution is 5.75. The molecule has 1 rings (SSSR count). The van der Waals surface area contributed by atoms with E-state index < -0.39 is 0 Å². The number of nitrogens with one attached hydrogen (secondary N) is 1. The van der Waals surface area contributed by atoms with E-state index in [0.717, 1.165) is 19.0 Å². The fraction of sp³-hybridized carbons (Fsp3) is 0.933. The van der Waals surface area contributed by atoms with Crippen molar-refractivity contribution in [2.75, 3.05) is 27.2 Å². The second kappa shape index (κ2) is 8.54. The van der Waals surface area contributed by atoms with Gasteiger partial charge >= 0.3 is 5.97 Å². The molecule has 1 aliphatic rings. The van der Waals surface area contributed by atoms with Gasteiger partial charge in [0.05, 0.1) is 7.11 Å². The molecule has 0 radical (unpaired) electrons. The predicted molar refractivity (Wildman–Crippen MR) is 78.1 cm³/mol. The van der Waals surface area contributed by atoms with Gasteiger partial charge < -0.3 is 15.0 Å². The Balaban J connectivity index is 2.40. The smallest absolute Gasteiger partial charge is 0.324 e. The largest absolute Gasteiger partial charge is 0.468 e. The van der Waals surface area contributed by atoms with Crippen LogP contribution in [0.5, 0.6) is 0 Å². The monoisotopic (exact) mass is 270 g/mol. The average molecular weight is 270 g/mol. The van der Waals surface area contributed by atoms with Crippen LogP contribution in [0.3, 0.4) is 0 Å². The molecule has 1 aliphatic carbocycles. The Bertz CT molecular complexity index is 263. The molecular formula is C15H30N2O2. The molecule has 0 aromatic rings. The molecule has 4 nitrogen and oxygen atoms in total. The van der Waals surface area contributed by atoms with E-state index in [-0.39, 0.29) is 18.1 Å². The number of carbonyl (C=O) groups is 1. The first kappa shape index (κ1) is 16.4. The van der Waals surface area contributed by atoms with Crippen LogP contribution in [-0.2, 0) is 9.53 Å². The van der Waals surface area contributed by atoms with Gasteiger partial charge in [-0.1, -0.05) is 33.1 Å². The van der Waals surface area contributed by atoms with Gasteiger partial charge in [-0.25, -0.2) is 0 Å². The Kier molecular flexibility index (Phi) is 7.39. The zero-order valence-corrected chi connectivity index (χ0v) is 12.9. The van der Waals surface area contributed by atoms with Crippen molar-refractivity contribution in [2.45, 2.75) is 58.0 Å². The van der Waals surface area contributed by atoms with Gasteiger partial charge in [0.25, 0.3) is 0 Å². The van der Waals surface area contributed by atoms with Gasteiger partial charge in [0.1, 0.15) is 6.04 Å². The summed E-state index contributed by atoms with van der Waals surface area (Å²) in [7, 11) is 3.56. The Labute approximate surface area is 117 Å². The summed E-state index contributed by atoms with van der Waals surface area (Å²) in [6, 6.07) is 0.0609. The number of likely N-dealkylation sites (N-methyl/N-ethyl adjacent to an activating group) is 1.